The zero-order valence-corrected chi connectivity index (χ0v) is 14.5. The van der Waals surface area contributed by atoms with Crippen molar-refractivity contribution in [3.63, 3.8) is 0 Å². The molecule has 1 N–H and O–H groups in total. The van der Waals surface area contributed by atoms with Crippen LogP contribution >= 0.6 is 0 Å². The second-order valence-electron chi connectivity index (χ2n) is 7.68. The standard InChI is InChI=1S/C17H30N4O2/c1-17(2)15(22)21(16(23)18-17)9-5-8-19-10-12-20(13-11-19)14-6-3-4-7-14/h14H,3-13H2,1-2H3,(H,18,23). The number of amides is 3. The third kappa shape index (κ3) is 3.69. The summed E-state index contributed by atoms with van der Waals surface area (Å²) in [6.07, 6.45) is 6.41. The number of nitrogens with one attached hydrogen (secondary N) is 1. The molecule has 1 aliphatic carbocycles. The highest BCUT2D eigenvalue weighted by atomic mass is 16.2. The van der Waals surface area contributed by atoms with Gasteiger partial charge in [-0.05, 0) is 39.7 Å². The van der Waals surface area contributed by atoms with Gasteiger partial charge in [-0.15, -0.1) is 0 Å². The minimum absolute atomic E-state index is 0.103. The minimum Gasteiger partial charge on any atom is -0.324 e. The van der Waals surface area contributed by atoms with Gasteiger partial charge in [0.1, 0.15) is 5.54 Å². The smallest absolute Gasteiger partial charge is 0.324 e. The molecule has 3 fully saturated rings. The molecule has 130 valence electrons. The summed E-state index contributed by atoms with van der Waals surface area (Å²) >= 11 is 0. The molecule has 0 aromatic heterocycles. The zero-order chi connectivity index (χ0) is 16.4. The van der Waals surface area contributed by atoms with Crippen LogP contribution in [0.1, 0.15) is 46.0 Å². The van der Waals surface area contributed by atoms with Crippen molar-refractivity contribution in [2.45, 2.75) is 57.5 Å². The molecule has 0 radical (unpaired) electrons. The predicted molar refractivity (Wildman–Crippen MR) is 89.2 cm³/mol. The van der Waals surface area contributed by atoms with Crippen molar-refractivity contribution < 1.29 is 9.59 Å². The van der Waals surface area contributed by atoms with Gasteiger partial charge in [0.05, 0.1) is 0 Å². The van der Waals surface area contributed by atoms with Gasteiger partial charge in [-0.25, -0.2) is 4.79 Å². The fraction of sp³-hybridized carbons (Fsp3) is 0.882. The second kappa shape index (κ2) is 6.77. The molecule has 3 amide bonds. The van der Waals surface area contributed by atoms with Crippen LogP contribution in [-0.2, 0) is 4.79 Å². The monoisotopic (exact) mass is 322 g/mol. The molecule has 0 spiro atoms. The number of hydrogen-bond acceptors (Lipinski definition) is 4. The van der Waals surface area contributed by atoms with Crippen LogP contribution in [0.2, 0.25) is 0 Å². The Morgan fingerprint density at radius 2 is 1.70 bits per heavy atom. The molecule has 2 saturated heterocycles. The molecule has 6 heteroatoms. The molecule has 0 unspecified atom stereocenters. The van der Waals surface area contributed by atoms with Crippen molar-refractivity contribution in [1.82, 2.24) is 20.0 Å². The first kappa shape index (κ1) is 16.7. The third-order valence-corrected chi connectivity index (χ3v) is 5.55. The molecule has 6 nitrogen and oxygen atoms in total. The number of nitrogens with zero attached hydrogens (tertiary/aromatic N) is 3. The Bertz CT molecular complexity index is 452. The van der Waals surface area contributed by atoms with Crippen molar-refractivity contribution >= 4 is 11.9 Å². The number of piperazine rings is 1. The van der Waals surface area contributed by atoms with E-state index in [0.29, 0.717) is 6.54 Å². The first-order chi connectivity index (χ1) is 11.0. The number of urea groups is 1. The maximum Gasteiger partial charge on any atom is 0.325 e. The van der Waals surface area contributed by atoms with E-state index >= 15 is 0 Å². The van der Waals surface area contributed by atoms with Gasteiger partial charge < -0.3 is 10.2 Å². The van der Waals surface area contributed by atoms with E-state index in [2.05, 4.69) is 15.1 Å². The number of carbonyl (C=O) groups excluding carboxylic acids is 2. The Balaban J connectivity index is 1.37. The fourth-order valence-electron chi connectivity index (χ4n) is 4.09. The van der Waals surface area contributed by atoms with Gasteiger partial charge in [0.2, 0.25) is 0 Å². The number of carbonyl (C=O) groups is 2. The molecular weight excluding hydrogens is 292 g/mol. The summed E-state index contributed by atoms with van der Waals surface area (Å²) < 4.78 is 0. The molecule has 23 heavy (non-hydrogen) atoms. The average molecular weight is 322 g/mol. The molecule has 1 saturated carbocycles. The maximum absolute atomic E-state index is 12.1. The Labute approximate surface area is 139 Å². The van der Waals surface area contributed by atoms with Crippen molar-refractivity contribution in [3.8, 4) is 0 Å². The highest BCUT2D eigenvalue weighted by Crippen LogP contribution is 2.24. The molecule has 2 aliphatic heterocycles. The number of rotatable bonds is 5. The third-order valence-electron chi connectivity index (χ3n) is 5.55. The van der Waals surface area contributed by atoms with Gasteiger partial charge in [-0.3, -0.25) is 14.6 Å². The Morgan fingerprint density at radius 3 is 2.26 bits per heavy atom. The van der Waals surface area contributed by atoms with E-state index in [9.17, 15) is 9.59 Å². The maximum atomic E-state index is 12.1. The molecular formula is C17H30N4O2. The Morgan fingerprint density at radius 1 is 1.04 bits per heavy atom. The summed E-state index contributed by atoms with van der Waals surface area (Å²) in [7, 11) is 0. The fourth-order valence-corrected chi connectivity index (χ4v) is 4.09. The minimum atomic E-state index is -0.746. The van der Waals surface area contributed by atoms with E-state index in [1.807, 2.05) is 0 Å². The Hall–Kier alpha value is -1.14. The van der Waals surface area contributed by atoms with Crippen LogP contribution in [0.25, 0.3) is 0 Å². The molecule has 3 rings (SSSR count). The molecule has 0 bridgehead atoms. The van der Waals surface area contributed by atoms with Crippen molar-refractivity contribution in [1.29, 1.82) is 0 Å². The SMILES string of the molecule is CC1(C)NC(=O)N(CCCN2CCN(C3CCCC3)CC2)C1=O. The summed E-state index contributed by atoms with van der Waals surface area (Å²) in [4.78, 5) is 30.5. The van der Waals surface area contributed by atoms with Crippen molar-refractivity contribution in [3.05, 3.63) is 0 Å². The van der Waals surface area contributed by atoms with E-state index in [1.165, 1.54) is 43.7 Å². The second-order valence-corrected chi connectivity index (χ2v) is 7.68. The lowest BCUT2D eigenvalue weighted by molar-refractivity contribution is -0.130. The van der Waals surface area contributed by atoms with Crippen LogP contribution in [0.4, 0.5) is 4.79 Å². The quantitative estimate of drug-likeness (QED) is 0.775. The molecule has 0 aromatic carbocycles. The van der Waals surface area contributed by atoms with E-state index < -0.39 is 5.54 Å². The van der Waals surface area contributed by atoms with E-state index in [4.69, 9.17) is 0 Å². The topological polar surface area (TPSA) is 55.9 Å². The van der Waals surface area contributed by atoms with Gasteiger partial charge in [-0.1, -0.05) is 12.8 Å². The van der Waals surface area contributed by atoms with Crippen molar-refractivity contribution in [2.75, 3.05) is 39.3 Å². The molecule has 2 heterocycles. The first-order valence-electron chi connectivity index (χ1n) is 9.08. The van der Waals surface area contributed by atoms with Crippen LogP contribution in [0.3, 0.4) is 0 Å². The van der Waals surface area contributed by atoms with E-state index in [0.717, 1.165) is 32.1 Å². The summed E-state index contributed by atoms with van der Waals surface area (Å²) in [5.41, 5.74) is -0.746. The lowest BCUT2D eigenvalue weighted by atomic mass is 10.1. The molecule has 0 aromatic rings. The van der Waals surface area contributed by atoms with Crippen LogP contribution in [-0.4, -0.2) is 77.5 Å². The summed E-state index contributed by atoms with van der Waals surface area (Å²) in [6, 6.07) is 0.580. The highest BCUT2D eigenvalue weighted by molar-refractivity contribution is 6.06. The number of hydrogen-bond donors (Lipinski definition) is 1. The predicted octanol–water partition coefficient (Wildman–Crippen LogP) is 1.27. The van der Waals surface area contributed by atoms with Gasteiger partial charge in [0.15, 0.2) is 0 Å². The van der Waals surface area contributed by atoms with Crippen LogP contribution in [0.5, 0.6) is 0 Å². The van der Waals surface area contributed by atoms with Crippen LogP contribution < -0.4 is 5.32 Å². The Kier molecular flexibility index (Phi) is 4.92. The largest absolute Gasteiger partial charge is 0.325 e. The van der Waals surface area contributed by atoms with Gasteiger partial charge in [-0.2, -0.15) is 0 Å². The summed E-state index contributed by atoms with van der Waals surface area (Å²) in [5.74, 6) is -0.103. The normalized spacial score (nSPS) is 27.0. The van der Waals surface area contributed by atoms with E-state index in [1.54, 1.807) is 13.8 Å². The lowest BCUT2D eigenvalue weighted by Gasteiger charge is -2.38. The molecule has 0 atom stereocenters. The van der Waals surface area contributed by atoms with Crippen LogP contribution in [0.15, 0.2) is 0 Å². The van der Waals surface area contributed by atoms with Gasteiger partial charge in [0.25, 0.3) is 5.91 Å². The lowest BCUT2D eigenvalue weighted by Crippen LogP contribution is -2.50. The van der Waals surface area contributed by atoms with Crippen molar-refractivity contribution in [2.24, 2.45) is 0 Å². The van der Waals surface area contributed by atoms with Gasteiger partial charge in [0, 0.05) is 38.8 Å². The zero-order valence-electron chi connectivity index (χ0n) is 14.5. The van der Waals surface area contributed by atoms with Crippen LogP contribution in [0, 0.1) is 0 Å². The average Bonchev–Trinajstić information content (AvgIpc) is 3.11. The van der Waals surface area contributed by atoms with Gasteiger partial charge >= 0.3 is 6.03 Å². The summed E-state index contributed by atoms with van der Waals surface area (Å²) in [6.45, 7) is 9.57. The number of imide groups is 1. The highest BCUT2D eigenvalue weighted by Gasteiger charge is 2.43. The summed E-state index contributed by atoms with van der Waals surface area (Å²) in [5, 5.41) is 2.74. The molecule has 3 aliphatic rings. The van der Waals surface area contributed by atoms with E-state index in [-0.39, 0.29) is 11.9 Å². The first-order valence-corrected chi connectivity index (χ1v) is 9.08.